The molecule has 0 amide bonds. The third-order valence-electron chi connectivity index (χ3n) is 2.23. The largest absolute Gasteiger partial charge is 0.402 e. The van der Waals surface area contributed by atoms with Gasteiger partial charge in [-0.05, 0) is 18.7 Å². The number of hydrogen-bond acceptors (Lipinski definition) is 1. The molecule has 0 radical (unpaired) electrons. The van der Waals surface area contributed by atoms with E-state index in [1.54, 1.807) is 30.1 Å². The summed E-state index contributed by atoms with van der Waals surface area (Å²) >= 11 is 8.57. The van der Waals surface area contributed by atoms with Crippen molar-refractivity contribution in [1.29, 1.82) is 0 Å². The van der Waals surface area contributed by atoms with Crippen molar-refractivity contribution < 1.29 is 13.2 Å². The minimum absolute atomic E-state index is 0.116. The predicted molar refractivity (Wildman–Crippen MR) is 66.6 cm³/mol. The minimum Gasteiger partial charge on any atom is -0.301 e. The van der Waals surface area contributed by atoms with Crippen LogP contribution in [0.2, 0.25) is 5.02 Å². The van der Waals surface area contributed by atoms with Crippen molar-refractivity contribution in [2.45, 2.75) is 17.5 Å². The van der Waals surface area contributed by atoms with Crippen LogP contribution in [0.1, 0.15) is 5.56 Å². The monoisotopic (exact) mass is 329 g/mol. The number of rotatable bonds is 4. The Morgan fingerprint density at radius 1 is 1.35 bits per heavy atom. The van der Waals surface area contributed by atoms with Gasteiger partial charge >= 0.3 is 6.18 Å². The van der Waals surface area contributed by atoms with Crippen molar-refractivity contribution in [3.63, 3.8) is 0 Å². The molecule has 0 heterocycles. The van der Waals surface area contributed by atoms with Gasteiger partial charge in [0.15, 0.2) is 0 Å². The quantitative estimate of drug-likeness (QED) is 0.751. The molecule has 17 heavy (non-hydrogen) atoms. The fourth-order valence-corrected chi connectivity index (χ4v) is 2.05. The van der Waals surface area contributed by atoms with Crippen molar-refractivity contribution >= 4 is 27.5 Å². The van der Waals surface area contributed by atoms with Crippen molar-refractivity contribution in [2.75, 3.05) is 13.6 Å². The van der Waals surface area contributed by atoms with E-state index in [9.17, 15) is 13.2 Å². The lowest BCUT2D eigenvalue weighted by atomic mass is 10.2. The fraction of sp³-hybridized carbons (Fsp3) is 0.455. The van der Waals surface area contributed by atoms with E-state index < -0.39 is 11.0 Å². The van der Waals surface area contributed by atoms with Gasteiger partial charge in [0, 0.05) is 18.1 Å². The first-order valence-corrected chi connectivity index (χ1v) is 6.23. The maximum absolute atomic E-state index is 12.3. The average Bonchev–Trinajstić information content (AvgIpc) is 2.20. The zero-order valence-corrected chi connectivity index (χ0v) is 11.5. The van der Waals surface area contributed by atoms with Gasteiger partial charge in [0.1, 0.15) is 4.83 Å². The van der Waals surface area contributed by atoms with Crippen LogP contribution in [-0.4, -0.2) is 29.5 Å². The molecule has 0 aliphatic carbocycles. The third kappa shape index (κ3) is 4.85. The Kier molecular flexibility index (Phi) is 5.28. The maximum atomic E-state index is 12.3. The number of hydrogen-bond donors (Lipinski definition) is 0. The van der Waals surface area contributed by atoms with Crippen LogP contribution in [0.15, 0.2) is 24.3 Å². The summed E-state index contributed by atoms with van der Waals surface area (Å²) in [6.07, 6.45) is -4.23. The first-order valence-electron chi connectivity index (χ1n) is 4.93. The van der Waals surface area contributed by atoms with Crippen LogP contribution in [0.25, 0.3) is 0 Å². The van der Waals surface area contributed by atoms with E-state index in [1.165, 1.54) is 0 Å². The molecule has 0 bridgehead atoms. The third-order valence-corrected chi connectivity index (χ3v) is 3.40. The zero-order valence-electron chi connectivity index (χ0n) is 9.14. The SMILES string of the molecule is CN(Cc1ccccc1Cl)CC(Br)C(F)(F)F. The second-order valence-corrected chi connectivity index (χ2v) is 5.31. The minimum atomic E-state index is -4.23. The molecule has 0 spiro atoms. The van der Waals surface area contributed by atoms with Gasteiger partial charge in [-0.25, -0.2) is 0 Å². The first kappa shape index (κ1) is 14.8. The Balaban J connectivity index is 2.56. The molecule has 0 aliphatic heterocycles. The van der Waals surface area contributed by atoms with Crippen LogP contribution in [0.4, 0.5) is 13.2 Å². The first-order chi connectivity index (χ1) is 7.80. The molecule has 6 heteroatoms. The average molecular weight is 331 g/mol. The van der Waals surface area contributed by atoms with E-state index in [0.29, 0.717) is 11.6 Å². The molecule has 1 aromatic carbocycles. The van der Waals surface area contributed by atoms with Gasteiger partial charge in [-0.3, -0.25) is 0 Å². The Morgan fingerprint density at radius 3 is 2.47 bits per heavy atom. The molecule has 0 fully saturated rings. The Bertz CT molecular complexity index is 370. The zero-order chi connectivity index (χ0) is 13.1. The Labute approximate surface area is 112 Å². The summed E-state index contributed by atoms with van der Waals surface area (Å²) in [6, 6.07) is 7.12. The van der Waals surface area contributed by atoms with E-state index >= 15 is 0 Å². The molecule has 0 aromatic heterocycles. The summed E-state index contributed by atoms with van der Waals surface area (Å²) in [4.78, 5) is 0.0520. The van der Waals surface area contributed by atoms with Crippen LogP contribution in [-0.2, 0) is 6.54 Å². The van der Waals surface area contributed by atoms with Crippen molar-refractivity contribution in [3.8, 4) is 0 Å². The van der Waals surface area contributed by atoms with E-state index in [2.05, 4.69) is 15.9 Å². The molecular formula is C11H12BrClF3N. The molecule has 96 valence electrons. The van der Waals surface area contributed by atoms with Crippen molar-refractivity contribution in [3.05, 3.63) is 34.9 Å². The van der Waals surface area contributed by atoms with Crippen LogP contribution in [0, 0.1) is 0 Å². The molecule has 1 rings (SSSR count). The number of nitrogens with zero attached hydrogens (tertiary/aromatic N) is 1. The van der Waals surface area contributed by atoms with Gasteiger partial charge in [-0.2, -0.15) is 13.2 Å². The van der Waals surface area contributed by atoms with Gasteiger partial charge in [0.25, 0.3) is 0 Å². The lowest BCUT2D eigenvalue weighted by Crippen LogP contribution is -2.35. The number of alkyl halides is 4. The summed E-state index contributed by atoms with van der Waals surface area (Å²) < 4.78 is 37.0. The molecule has 0 saturated heterocycles. The molecular weight excluding hydrogens is 318 g/mol. The van der Waals surface area contributed by atoms with Crippen molar-refractivity contribution in [1.82, 2.24) is 4.90 Å². The van der Waals surface area contributed by atoms with Gasteiger partial charge < -0.3 is 4.90 Å². The van der Waals surface area contributed by atoms with Gasteiger partial charge in [-0.15, -0.1) is 0 Å². The molecule has 0 N–H and O–H groups in total. The lowest BCUT2D eigenvalue weighted by Gasteiger charge is -2.22. The lowest BCUT2D eigenvalue weighted by molar-refractivity contribution is -0.130. The van der Waals surface area contributed by atoms with E-state index in [4.69, 9.17) is 11.6 Å². The fourth-order valence-electron chi connectivity index (χ4n) is 1.36. The van der Waals surface area contributed by atoms with Gasteiger partial charge in [0.2, 0.25) is 0 Å². The molecule has 1 atom stereocenters. The molecule has 1 nitrogen and oxygen atoms in total. The van der Waals surface area contributed by atoms with Gasteiger partial charge in [0.05, 0.1) is 0 Å². The maximum Gasteiger partial charge on any atom is 0.402 e. The van der Waals surface area contributed by atoms with Crippen LogP contribution >= 0.6 is 27.5 Å². The summed E-state index contributed by atoms with van der Waals surface area (Å²) in [7, 11) is 1.63. The summed E-state index contributed by atoms with van der Waals surface area (Å²) in [6.45, 7) is 0.270. The van der Waals surface area contributed by atoms with E-state index in [-0.39, 0.29) is 6.54 Å². The summed E-state index contributed by atoms with van der Waals surface area (Å²) in [5.74, 6) is 0. The number of halogens is 5. The predicted octanol–water partition coefficient (Wildman–Crippen LogP) is 4.10. The standard InChI is InChI=1S/C11H12BrClF3N/c1-17(7-10(12)11(14,15)16)6-8-4-2-3-5-9(8)13/h2-5,10H,6-7H2,1H3. The van der Waals surface area contributed by atoms with Crippen LogP contribution in [0.3, 0.4) is 0 Å². The molecule has 1 unspecified atom stereocenters. The van der Waals surface area contributed by atoms with Crippen LogP contribution < -0.4 is 0 Å². The highest BCUT2D eigenvalue weighted by Crippen LogP contribution is 2.27. The summed E-state index contributed by atoms with van der Waals surface area (Å²) in [5.41, 5.74) is 0.818. The summed E-state index contributed by atoms with van der Waals surface area (Å²) in [5, 5.41) is 0.567. The molecule has 1 aromatic rings. The molecule has 0 saturated carbocycles. The highest BCUT2D eigenvalue weighted by molar-refractivity contribution is 9.09. The Morgan fingerprint density at radius 2 is 1.94 bits per heavy atom. The second kappa shape index (κ2) is 6.07. The van der Waals surface area contributed by atoms with Crippen LogP contribution in [0.5, 0.6) is 0 Å². The molecule has 0 aliphatic rings. The number of benzene rings is 1. The van der Waals surface area contributed by atoms with Gasteiger partial charge in [-0.1, -0.05) is 45.7 Å². The smallest absolute Gasteiger partial charge is 0.301 e. The Hall–Kier alpha value is -0.260. The van der Waals surface area contributed by atoms with E-state index in [1.807, 2.05) is 6.07 Å². The second-order valence-electron chi connectivity index (χ2n) is 3.80. The van der Waals surface area contributed by atoms with E-state index in [0.717, 1.165) is 5.56 Å². The normalized spacial score (nSPS) is 14.1. The highest BCUT2D eigenvalue weighted by Gasteiger charge is 2.38. The van der Waals surface area contributed by atoms with Crippen molar-refractivity contribution in [2.24, 2.45) is 0 Å². The highest BCUT2D eigenvalue weighted by atomic mass is 79.9. The topological polar surface area (TPSA) is 3.24 Å².